The van der Waals surface area contributed by atoms with Gasteiger partial charge in [-0.1, -0.05) is 50.2 Å². The molecule has 122 valence electrons. The van der Waals surface area contributed by atoms with Crippen molar-refractivity contribution in [2.24, 2.45) is 5.92 Å². The maximum absolute atomic E-state index is 10.7. The Hall–Kier alpha value is -2.29. The number of hydrogen-bond donors (Lipinski definition) is 1. The summed E-state index contributed by atoms with van der Waals surface area (Å²) in [6.45, 7) is 4.93. The molecule has 0 aliphatic carbocycles. The molecule has 0 saturated carbocycles. The first-order valence-corrected chi connectivity index (χ1v) is 8.09. The van der Waals surface area contributed by atoms with E-state index in [2.05, 4.69) is 32.0 Å². The van der Waals surface area contributed by atoms with Crippen molar-refractivity contribution in [2.75, 3.05) is 6.61 Å². The van der Waals surface area contributed by atoms with Crippen LogP contribution in [0.15, 0.2) is 48.5 Å². The molecule has 1 N–H and O–H groups in total. The van der Waals surface area contributed by atoms with Crippen LogP contribution in [0.2, 0.25) is 0 Å². The van der Waals surface area contributed by atoms with Crippen LogP contribution in [0, 0.1) is 5.92 Å². The highest BCUT2D eigenvalue weighted by Crippen LogP contribution is 2.31. The quantitative estimate of drug-likeness (QED) is 0.762. The Labute approximate surface area is 137 Å². The van der Waals surface area contributed by atoms with E-state index in [0.717, 1.165) is 28.9 Å². The number of aryl methyl sites for hydroxylation is 1. The van der Waals surface area contributed by atoms with Crippen LogP contribution in [0.1, 0.15) is 32.3 Å². The van der Waals surface area contributed by atoms with Gasteiger partial charge in [0.1, 0.15) is 5.75 Å². The molecule has 3 heteroatoms. The second kappa shape index (κ2) is 8.37. The zero-order valence-corrected chi connectivity index (χ0v) is 13.8. The van der Waals surface area contributed by atoms with E-state index in [1.54, 1.807) is 0 Å². The fraction of sp³-hybridized carbons (Fsp3) is 0.350. The molecule has 23 heavy (non-hydrogen) atoms. The number of benzene rings is 2. The second-order valence-electron chi connectivity index (χ2n) is 6.15. The van der Waals surface area contributed by atoms with Crippen LogP contribution in [0.5, 0.6) is 5.75 Å². The third-order valence-electron chi connectivity index (χ3n) is 3.56. The molecule has 2 rings (SSSR count). The minimum absolute atomic E-state index is 0.201. The van der Waals surface area contributed by atoms with Gasteiger partial charge in [-0.05, 0) is 42.0 Å². The smallest absolute Gasteiger partial charge is 0.303 e. The van der Waals surface area contributed by atoms with Gasteiger partial charge < -0.3 is 9.84 Å². The molecular weight excluding hydrogens is 288 g/mol. The number of carboxylic acids is 1. The predicted octanol–water partition coefficient (Wildman–Crippen LogP) is 4.80. The van der Waals surface area contributed by atoms with Gasteiger partial charge in [0.15, 0.2) is 0 Å². The van der Waals surface area contributed by atoms with Crippen LogP contribution in [0.3, 0.4) is 0 Å². The molecule has 0 heterocycles. The van der Waals surface area contributed by atoms with Gasteiger partial charge in [0, 0.05) is 12.0 Å². The van der Waals surface area contributed by atoms with Crippen LogP contribution < -0.4 is 4.74 Å². The molecule has 2 aromatic rings. The van der Waals surface area contributed by atoms with Gasteiger partial charge in [0.25, 0.3) is 0 Å². The number of carbonyl (C=O) groups is 1. The Bertz CT molecular complexity index is 633. The topological polar surface area (TPSA) is 46.5 Å². The van der Waals surface area contributed by atoms with Crippen molar-refractivity contribution in [2.45, 2.75) is 33.1 Å². The number of ether oxygens (including phenoxy) is 1. The molecule has 2 aromatic carbocycles. The van der Waals surface area contributed by atoms with E-state index in [9.17, 15) is 4.79 Å². The van der Waals surface area contributed by atoms with Gasteiger partial charge in [-0.25, -0.2) is 0 Å². The van der Waals surface area contributed by atoms with Crippen LogP contribution in [0.4, 0.5) is 0 Å². The molecule has 3 nitrogen and oxygen atoms in total. The lowest BCUT2D eigenvalue weighted by Gasteiger charge is -2.15. The summed E-state index contributed by atoms with van der Waals surface area (Å²) >= 11 is 0. The molecule has 0 amide bonds. The third-order valence-corrected chi connectivity index (χ3v) is 3.56. The van der Waals surface area contributed by atoms with Gasteiger partial charge in [-0.3, -0.25) is 4.79 Å². The van der Waals surface area contributed by atoms with Gasteiger partial charge in [-0.15, -0.1) is 0 Å². The fourth-order valence-electron chi connectivity index (χ4n) is 2.40. The average Bonchev–Trinajstić information content (AvgIpc) is 2.54. The number of carboxylic acid groups (broad SMARTS) is 1. The largest absolute Gasteiger partial charge is 0.493 e. The van der Waals surface area contributed by atoms with Gasteiger partial charge in [0.05, 0.1) is 6.61 Å². The van der Waals surface area contributed by atoms with Crippen molar-refractivity contribution in [3.8, 4) is 16.9 Å². The first-order valence-electron chi connectivity index (χ1n) is 8.09. The summed E-state index contributed by atoms with van der Waals surface area (Å²) in [5, 5.41) is 8.77. The summed E-state index contributed by atoms with van der Waals surface area (Å²) in [6, 6.07) is 16.3. The molecule has 0 aromatic heterocycles. The van der Waals surface area contributed by atoms with Gasteiger partial charge in [-0.2, -0.15) is 0 Å². The summed E-state index contributed by atoms with van der Waals surface area (Å²) < 4.78 is 5.96. The Balaban J connectivity index is 2.23. The maximum atomic E-state index is 10.7. The molecule has 0 atom stereocenters. The fourth-order valence-corrected chi connectivity index (χ4v) is 2.40. The molecular formula is C20H24O3. The van der Waals surface area contributed by atoms with E-state index in [-0.39, 0.29) is 6.42 Å². The molecule has 0 spiro atoms. The predicted molar refractivity (Wildman–Crippen MR) is 92.8 cm³/mol. The summed E-state index contributed by atoms with van der Waals surface area (Å²) in [6.07, 6.45) is 1.61. The Morgan fingerprint density at radius 1 is 1.13 bits per heavy atom. The van der Waals surface area contributed by atoms with Crippen LogP contribution >= 0.6 is 0 Å². The van der Waals surface area contributed by atoms with E-state index in [4.69, 9.17) is 9.84 Å². The normalized spacial score (nSPS) is 10.7. The third kappa shape index (κ3) is 5.44. The van der Waals surface area contributed by atoms with Gasteiger partial charge in [0.2, 0.25) is 0 Å². The zero-order valence-electron chi connectivity index (χ0n) is 13.8. The lowest BCUT2D eigenvalue weighted by molar-refractivity contribution is -0.137. The van der Waals surface area contributed by atoms with E-state index in [0.29, 0.717) is 18.9 Å². The summed E-state index contributed by atoms with van der Waals surface area (Å²) in [5.74, 6) is 0.603. The minimum atomic E-state index is -0.745. The highest BCUT2D eigenvalue weighted by atomic mass is 16.5. The highest BCUT2D eigenvalue weighted by molar-refractivity contribution is 5.71. The van der Waals surface area contributed by atoms with Crippen LogP contribution in [-0.2, 0) is 11.2 Å². The van der Waals surface area contributed by atoms with E-state index in [1.807, 2.05) is 30.3 Å². The van der Waals surface area contributed by atoms with Crippen molar-refractivity contribution in [1.29, 1.82) is 0 Å². The minimum Gasteiger partial charge on any atom is -0.493 e. The van der Waals surface area contributed by atoms with Crippen molar-refractivity contribution >= 4 is 5.97 Å². The Morgan fingerprint density at radius 2 is 1.87 bits per heavy atom. The lowest BCUT2D eigenvalue weighted by Crippen LogP contribution is -2.05. The summed E-state index contributed by atoms with van der Waals surface area (Å²) in [4.78, 5) is 10.7. The SMILES string of the molecule is CC(C)COc1ccc(CCCC(=O)O)cc1-c1ccccc1. The zero-order chi connectivity index (χ0) is 16.7. The van der Waals surface area contributed by atoms with Gasteiger partial charge >= 0.3 is 5.97 Å². The second-order valence-corrected chi connectivity index (χ2v) is 6.15. The molecule has 0 bridgehead atoms. The molecule has 0 saturated heterocycles. The standard InChI is InChI=1S/C20H24O3/c1-15(2)14-23-19-12-11-16(7-6-10-20(21)22)13-18(19)17-8-4-3-5-9-17/h3-5,8-9,11-13,15H,6-7,10,14H2,1-2H3,(H,21,22). The van der Waals surface area contributed by atoms with E-state index < -0.39 is 5.97 Å². The average molecular weight is 312 g/mol. The number of aliphatic carboxylic acids is 1. The van der Waals surface area contributed by atoms with Crippen LogP contribution in [0.25, 0.3) is 11.1 Å². The molecule has 0 unspecified atom stereocenters. The lowest BCUT2D eigenvalue weighted by atomic mass is 9.99. The number of hydrogen-bond acceptors (Lipinski definition) is 2. The molecule has 0 aliphatic heterocycles. The van der Waals surface area contributed by atoms with Crippen molar-refractivity contribution in [3.05, 3.63) is 54.1 Å². The van der Waals surface area contributed by atoms with E-state index >= 15 is 0 Å². The van der Waals surface area contributed by atoms with Crippen molar-refractivity contribution in [1.82, 2.24) is 0 Å². The number of rotatable bonds is 8. The monoisotopic (exact) mass is 312 g/mol. The first kappa shape index (κ1) is 17.1. The Morgan fingerprint density at radius 3 is 2.52 bits per heavy atom. The first-order chi connectivity index (χ1) is 11.1. The van der Waals surface area contributed by atoms with Crippen molar-refractivity contribution < 1.29 is 14.6 Å². The highest BCUT2D eigenvalue weighted by Gasteiger charge is 2.09. The molecule has 0 radical (unpaired) electrons. The Kier molecular flexibility index (Phi) is 6.21. The van der Waals surface area contributed by atoms with Crippen molar-refractivity contribution in [3.63, 3.8) is 0 Å². The van der Waals surface area contributed by atoms with Crippen LogP contribution in [-0.4, -0.2) is 17.7 Å². The maximum Gasteiger partial charge on any atom is 0.303 e. The van der Waals surface area contributed by atoms with E-state index in [1.165, 1.54) is 0 Å². The molecule has 0 aliphatic rings. The summed E-state index contributed by atoms with van der Waals surface area (Å²) in [7, 11) is 0. The molecule has 0 fully saturated rings. The summed E-state index contributed by atoms with van der Waals surface area (Å²) in [5.41, 5.74) is 3.33.